The van der Waals surface area contributed by atoms with Crippen LogP contribution in [0.1, 0.15) is 46.1 Å². The van der Waals surface area contributed by atoms with Crippen LogP contribution < -0.4 is 0 Å². The molecule has 3 nitrogen and oxygen atoms in total. The predicted octanol–water partition coefficient (Wildman–Crippen LogP) is 7.02. The summed E-state index contributed by atoms with van der Waals surface area (Å²) in [7, 11) is 0. The fraction of sp³-hybridized carbons (Fsp3) is 0.423. The van der Waals surface area contributed by atoms with Gasteiger partial charge in [-0.2, -0.15) is 0 Å². The average molecular weight is 392 g/mol. The molecule has 0 spiro atoms. The lowest BCUT2D eigenvalue weighted by molar-refractivity contribution is 0.0858. The molecule has 0 fully saturated rings. The first-order valence-electron chi connectivity index (χ1n) is 10.8. The Labute approximate surface area is 174 Å². The SMILES string of the molecule is CCC(C)CN(CC(C)CC)C(=O)OCc1c2ccccc2cc2ccccc12. The molecule has 0 aliphatic rings. The van der Waals surface area contributed by atoms with Crippen LogP contribution in [0.4, 0.5) is 4.79 Å². The summed E-state index contributed by atoms with van der Waals surface area (Å²) < 4.78 is 5.88. The fourth-order valence-electron chi connectivity index (χ4n) is 3.72. The number of ether oxygens (including phenoxy) is 1. The molecular formula is C26H33NO2. The van der Waals surface area contributed by atoms with Crippen LogP contribution in [-0.4, -0.2) is 24.1 Å². The summed E-state index contributed by atoms with van der Waals surface area (Å²) in [4.78, 5) is 14.9. The van der Waals surface area contributed by atoms with E-state index in [-0.39, 0.29) is 12.7 Å². The molecule has 0 bridgehead atoms. The van der Waals surface area contributed by atoms with Gasteiger partial charge < -0.3 is 9.64 Å². The standard InChI is InChI=1S/C26H33NO2/c1-5-19(3)16-27(17-20(4)6-2)26(28)29-18-25-23-13-9-7-11-21(23)15-22-12-8-10-14-24(22)25/h7-15,19-20H,5-6,16-18H2,1-4H3. The van der Waals surface area contributed by atoms with Gasteiger partial charge in [-0.15, -0.1) is 0 Å². The van der Waals surface area contributed by atoms with Crippen LogP contribution in [0.25, 0.3) is 21.5 Å². The minimum Gasteiger partial charge on any atom is -0.444 e. The van der Waals surface area contributed by atoms with Gasteiger partial charge in [0.2, 0.25) is 0 Å². The van der Waals surface area contributed by atoms with Crippen LogP contribution in [0.2, 0.25) is 0 Å². The van der Waals surface area contributed by atoms with Gasteiger partial charge in [-0.05, 0) is 39.4 Å². The summed E-state index contributed by atoms with van der Waals surface area (Å²) in [5.41, 5.74) is 1.08. The third-order valence-corrected chi connectivity index (χ3v) is 5.94. The van der Waals surface area contributed by atoms with E-state index in [9.17, 15) is 4.79 Å². The predicted molar refractivity (Wildman–Crippen MR) is 122 cm³/mol. The van der Waals surface area contributed by atoms with Gasteiger partial charge in [0.05, 0.1) is 0 Å². The van der Waals surface area contributed by atoms with Crippen molar-refractivity contribution in [1.82, 2.24) is 4.90 Å². The van der Waals surface area contributed by atoms with Gasteiger partial charge >= 0.3 is 6.09 Å². The van der Waals surface area contributed by atoms with Crippen LogP contribution in [0.15, 0.2) is 54.6 Å². The number of benzene rings is 3. The first kappa shape index (κ1) is 21.2. The molecule has 2 atom stereocenters. The van der Waals surface area contributed by atoms with Crippen molar-refractivity contribution < 1.29 is 9.53 Å². The molecule has 3 aromatic rings. The first-order valence-corrected chi connectivity index (χ1v) is 10.8. The third kappa shape index (κ3) is 5.09. The van der Waals surface area contributed by atoms with Gasteiger partial charge in [0.15, 0.2) is 0 Å². The van der Waals surface area contributed by atoms with E-state index in [4.69, 9.17) is 4.74 Å². The van der Waals surface area contributed by atoms with Gasteiger partial charge in [-0.3, -0.25) is 0 Å². The number of hydrogen-bond donors (Lipinski definition) is 0. The molecule has 1 amide bonds. The van der Waals surface area contributed by atoms with Crippen LogP contribution in [0, 0.1) is 11.8 Å². The van der Waals surface area contributed by atoms with E-state index in [2.05, 4.69) is 58.0 Å². The van der Waals surface area contributed by atoms with Gasteiger partial charge in [0.1, 0.15) is 6.61 Å². The summed E-state index contributed by atoms with van der Waals surface area (Å²) in [6.45, 7) is 10.5. The van der Waals surface area contributed by atoms with E-state index in [1.807, 2.05) is 29.2 Å². The van der Waals surface area contributed by atoms with Crippen molar-refractivity contribution in [2.75, 3.05) is 13.1 Å². The maximum Gasteiger partial charge on any atom is 0.410 e. The number of carbonyl (C=O) groups is 1. The van der Waals surface area contributed by atoms with Crippen LogP contribution in [0.3, 0.4) is 0 Å². The Balaban J connectivity index is 1.86. The zero-order valence-electron chi connectivity index (χ0n) is 18.2. The Morgan fingerprint density at radius 3 is 1.83 bits per heavy atom. The summed E-state index contributed by atoms with van der Waals surface area (Å²) in [5, 5.41) is 4.64. The smallest absolute Gasteiger partial charge is 0.410 e. The van der Waals surface area contributed by atoms with Crippen molar-refractivity contribution in [1.29, 1.82) is 0 Å². The minimum atomic E-state index is -0.206. The number of hydrogen-bond acceptors (Lipinski definition) is 2. The molecule has 0 N–H and O–H groups in total. The number of amides is 1. The highest BCUT2D eigenvalue weighted by atomic mass is 16.6. The maximum atomic E-state index is 13.0. The normalized spacial score (nSPS) is 13.4. The molecule has 0 aliphatic carbocycles. The molecule has 3 heteroatoms. The highest BCUT2D eigenvalue weighted by Crippen LogP contribution is 2.29. The molecular weight excluding hydrogens is 358 g/mol. The largest absolute Gasteiger partial charge is 0.444 e. The first-order chi connectivity index (χ1) is 14.0. The van der Waals surface area contributed by atoms with E-state index >= 15 is 0 Å². The third-order valence-electron chi connectivity index (χ3n) is 5.94. The second kappa shape index (κ2) is 9.78. The van der Waals surface area contributed by atoms with Crippen LogP contribution in [0.5, 0.6) is 0 Å². The lowest BCUT2D eigenvalue weighted by atomic mass is 9.97. The highest BCUT2D eigenvalue weighted by molar-refractivity contribution is 6.02. The molecule has 2 unspecified atom stereocenters. The van der Waals surface area contributed by atoms with Crippen molar-refractivity contribution in [2.45, 2.75) is 47.1 Å². The monoisotopic (exact) mass is 391 g/mol. The van der Waals surface area contributed by atoms with Crippen molar-refractivity contribution in [3.05, 3.63) is 60.2 Å². The molecule has 3 rings (SSSR count). The zero-order chi connectivity index (χ0) is 20.8. The number of nitrogens with zero attached hydrogens (tertiary/aromatic N) is 1. The van der Waals surface area contributed by atoms with E-state index in [1.54, 1.807) is 0 Å². The summed E-state index contributed by atoms with van der Waals surface area (Å²) in [6.07, 6.45) is 1.90. The van der Waals surface area contributed by atoms with Gasteiger partial charge in [-0.1, -0.05) is 89.1 Å². The van der Waals surface area contributed by atoms with E-state index in [0.29, 0.717) is 11.8 Å². The lowest BCUT2D eigenvalue weighted by Gasteiger charge is -2.27. The molecule has 0 heterocycles. The summed E-state index contributed by atoms with van der Waals surface area (Å²) in [6, 6.07) is 18.8. The molecule has 0 radical (unpaired) electrons. The van der Waals surface area contributed by atoms with E-state index in [1.165, 1.54) is 10.8 Å². The Bertz CT molecular complexity index is 899. The molecule has 0 saturated heterocycles. The van der Waals surface area contributed by atoms with Crippen LogP contribution in [-0.2, 0) is 11.3 Å². The lowest BCUT2D eigenvalue weighted by Crippen LogP contribution is -2.38. The second-order valence-electron chi connectivity index (χ2n) is 8.28. The van der Waals surface area contributed by atoms with Gasteiger partial charge in [0.25, 0.3) is 0 Å². The molecule has 29 heavy (non-hydrogen) atoms. The minimum absolute atomic E-state index is 0.206. The van der Waals surface area contributed by atoms with Crippen LogP contribution >= 0.6 is 0 Å². The number of fused-ring (bicyclic) bond motifs is 2. The number of carbonyl (C=O) groups excluding carboxylic acids is 1. The topological polar surface area (TPSA) is 29.5 Å². The Morgan fingerprint density at radius 1 is 0.862 bits per heavy atom. The van der Waals surface area contributed by atoms with Crippen molar-refractivity contribution in [2.24, 2.45) is 11.8 Å². The van der Waals surface area contributed by atoms with E-state index < -0.39 is 0 Å². The molecule has 0 saturated carbocycles. The van der Waals surface area contributed by atoms with Crippen molar-refractivity contribution in [3.8, 4) is 0 Å². The molecule has 0 aliphatic heterocycles. The van der Waals surface area contributed by atoms with Gasteiger partial charge in [-0.25, -0.2) is 4.79 Å². The second-order valence-corrected chi connectivity index (χ2v) is 8.28. The maximum absolute atomic E-state index is 13.0. The molecule has 154 valence electrons. The fourth-order valence-corrected chi connectivity index (χ4v) is 3.72. The molecule has 3 aromatic carbocycles. The Kier molecular flexibility index (Phi) is 7.13. The van der Waals surface area contributed by atoms with E-state index in [0.717, 1.165) is 42.3 Å². The summed E-state index contributed by atoms with van der Waals surface area (Å²) >= 11 is 0. The zero-order valence-corrected chi connectivity index (χ0v) is 18.2. The molecule has 0 aromatic heterocycles. The van der Waals surface area contributed by atoms with Crippen molar-refractivity contribution >= 4 is 27.6 Å². The quantitative estimate of drug-likeness (QED) is 0.386. The average Bonchev–Trinajstić information content (AvgIpc) is 2.75. The Hall–Kier alpha value is -2.55. The van der Waals surface area contributed by atoms with Gasteiger partial charge in [0, 0.05) is 18.7 Å². The number of rotatable bonds is 8. The summed E-state index contributed by atoms with van der Waals surface area (Å²) in [5.74, 6) is 0.926. The Morgan fingerprint density at radius 2 is 1.34 bits per heavy atom. The van der Waals surface area contributed by atoms with Crippen molar-refractivity contribution in [3.63, 3.8) is 0 Å². The highest BCUT2D eigenvalue weighted by Gasteiger charge is 2.20.